The average molecular weight is 254 g/mol. The van der Waals surface area contributed by atoms with Crippen LogP contribution in [0.2, 0.25) is 0 Å². The minimum atomic E-state index is -1.12. The molecule has 2 heterocycles. The van der Waals surface area contributed by atoms with Gasteiger partial charge in [0.25, 0.3) is 5.91 Å². The van der Waals surface area contributed by atoms with E-state index in [9.17, 15) is 9.59 Å². The molecule has 1 N–H and O–H groups in total. The molecule has 0 aromatic heterocycles. The monoisotopic (exact) mass is 254 g/mol. The molecule has 3 atom stereocenters. The zero-order valence-corrected chi connectivity index (χ0v) is 10.6. The molecule has 100 valence electrons. The fourth-order valence-electron chi connectivity index (χ4n) is 2.47. The van der Waals surface area contributed by atoms with E-state index in [1.54, 1.807) is 4.90 Å². The summed E-state index contributed by atoms with van der Waals surface area (Å²) in [5.74, 6) is -0.802. The minimum absolute atomic E-state index is 0.0613. The van der Waals surface area contributed by atoms with Crippen LogP contribution < -0.4 is 0 Å². The van der Waals surface area contributed by atoms with Crippen LogP contribution in [-0.2, 0) is 14.4 Å². The number of rotatable bonds is 2. The van der Waals surface area contributed by atoms with E-state index in [1.165, 1.54) is 0 Å². The van der Waals surface area contributed by atoms with Crippen molar-refractivity contribution in [2.75, 3.05) is 6.54 Å². The highest BCUT2D eigenvalue weighted by molar-refractivity contribution is 6.36. The number of hydrogen-bond donors (Lipinski definition) is 1. The fourth-order valence-corrected chi connectivity index (χ4v) is 2.47. The lowest BCUT2D eigenvalue weighted by Crippen LogP contribution is -2.50. The lowest BCUT2D eigenvalue weighted by Gasteiger charge is -2.38. The van der Waals surface area contributed by atoms with Crippen LogP contribution in [0, 0.1) is 5.92 Å². The Morgan fingerprint density at radius 3 is 2.78 bits per heavy atom. The van der Waals surface area contributed by atoms with Crippen LogP contribution in [0.25, 0.3) is 0 Å². The number of carbonyl (C=O) groups excluding carboxylic acids is 1. The second-order valence-electron chi connectivity index (χ2n) is 5.03. The van der Waals surface area contributed by atoms with Crippen LogP contribution in [0.1, 0.15) is 33.1 Å². The van der Waals surface area contributed by atoms with Gasteiger partial charge in [-0.05, 0) is 25.7 Å². The van der Waals surface area contributed by atoms with E-state index in [2.05, 4.69) is 12.1 Å². The van der Waals surface area contributed by atoms with E-state index in [0.717, 1.165) is 12.8 Å². The van der Waals surface area contributed by atoms with Gasteiger partial charge in [-0.3, -0.25) is 4.79 Å². The Labute approximate surface area is 106 Å². The van der Waals surface area contributed by atoms with Crippen LogP contribution in [0.15, 0.2) is 5.16 Å². The summed E-state index contributed by atoms with van der Waals surface area (Å²) >= 11 is 0. The second kappa shape index (κ2) is 4.96. The van der Waals surface area contributed by atoms with Crippen molar-refractivity contribution in [3.8, 4) is 0 Å². The van der Waals surface area contributed by atoms with E-state index in [-0.39, 0.29) is 24.1 Å². The Bertz CT molecular complexity index is 394. The number of carboxylic acids is 1. The summed E-state index contributed by atoms with van der Waals surface area (Å²) in [5.41, 5.74) is -0.0777. The van der Waals surface area contributed by atoms with Crippen LogP contribution in [-0.4, -0.2) is 46.3 Å². The Balaban J connectivity index is 1.99. The number of nitrogens with zero attached hydrogens (tertiary/aromatic N) is 2. The summed E-state index contributed by atoms with van der Waals surface area (Å²) in [6.45, 7) is 4.86. The lowest BCUT2D eigenvalue weighted by molar-refractivity contribution is -0.146. The van der Waals surface area contributed by atoms with Crippen molar-refractivity contribution in [2.45, 2.75) is 45.3 Å². The third-order valence-electron chi connectivity index (χ3n) is 3.85. The first-order valence-electron chi connectivity index (χ1n) is 6.27. The SMILES string of the molecule is CC1CCCN(C(=O)C2CC(C(=O)O)=NO2)C1C. The largest absolute Gasteiger partial charge is 0.477 e. The minimum Gasteiger partial charge on any atom is -0.477 e. The molecule has 0 radical (unpaired) electrons. The number of aliphatic carboxylic acids is 1. The van der Waals surface area contributed by atoms with E-state index in [4.69, 9.17) is 9.94 Å². The normalized spacial score (nSPS) is 31.8. The van der Waals surface area contributed by atoms with Gasteiger partial charge in [-0.1, -0.05) is 12.1 Å². The summed E-state index contributed by atoms with van der Waals surface area (Å²) < 4.78 is 0. The van der Waals surface area contributed by atoms with Gasteiger partial charge in [0.1, 0.15) is 0 Å². The van der Waals surface area contributed by atoms with Crippen molar-refractivity contribution < 1.29 is 19.5 Å². The first-order chi connectivity index (χ1) is 8.50. The molecule has 2 aliphatic rings. The van der Waals surface area contributed by atoms with E-state index in [0.29, 0.717) is 12.5 Å². The van der Waals surface area contributed by atoms with Gasteiger partial charge in [0, 0.05) is 19.0 Å². The van der Waals surface area contributed by atoms with Crippen LogP contribution in [0.4, 0.5) is 0 Å². The van der Waals surface area contributed by atoms with Crippen molar-refractivity contribution in [2.24, 2.45) is 11.1 Å². The number of oxime groups is 1. The quantitative estimate of drug-likeness (QED) is 0.792. The highest BCUT2D eigenvalue weighted by Gasteiger charge is 2.38. The summed E-state index contributed by atoms with van der Waals surface area (Å²) in [7, 11) is 0. The molecular weight excluding hydrogens is 236 g/mol. The Hall–Kier alpha value is -1.59. The van der Waals surface area contributed by atoms with Gasteiger partial charge >= 0.3 is 5.97 Å². The topological polar surface area (TPSA) is 79.2 Å². The maximum atomic E-state index is 12.3. The number of carbonyl (C=O) groups is 2. The molecule has 18 heavy (non-hydrogen) atoms. The molecule has 1 saturated heterocycles. The molecule has 1 fully saturated rings. The summed E-state index contributed by atoms with van der Waals surface area (Å²) in [5, 5.41) is 12.2. The first-order valence-corrected chi connectivity index (χ1v) is 6.27. The smallest absolute Gasteiger partial charge is 0.353 e. The molecule has 1 amide bonds. The van der Waals surface area contributed by atoms with Gasteiger partial charge in [-0.25, -0.2) is 4.79 Å². The fraction of sp³-hybridized carbons (Fsp3) is 0.750. The van der Waals surface area contributed by atoms with Crippen molar-refractivity contribution in [1.82, 2.24) is 4.90 Å². The van der Waals surface area contributed by atoms with Crippen molar-refractivity contribution >= 4 is 17.6 Å². The van der Waals surface area contributed by atoms with Crippen LogP contribution in [0.5, 0.6) is 0 Å². The Morgan fingerprint density at radius 2 is 2.17 bits per heavy atom. The molecule has 0 aliphatic carbocycles. The molecule has 0 aromatic carbocycles. The second-order valence-corrected chi connectivity index (χ2v) is 5.03. The highest BCUT2D eigenvalue weighted by atomic mass is 16.6. The molecule has 2 rings (SSSR count). The molecule has 6 nitrogen and oxygen atoms in total. The number of piperidine rings is 1. The molecule has 6 heteroatoms. The first kappa shape index (κ1) is 12.9. The van der Waals surface area contributed by atoms with E-state index < -0.39 is 12.1 Å². The maximum Gasteiger partial charge on any atom is 0.353 e. The van der Waals surface area contributed by atoms with Gasteiger partial charge < -0.3 is 14.8 Å². The number of likely N-dealkylation sites (tertiary alicyclic amines) is 1. The Kier molecular flexibility index (Phi) is 3.54. The molecule has 0 aromatic rings. The van der Waals surface area contributed by atoms with E-state index in [1.807, 2.05) is 6.92 Å². The van der Waals surface area contributed by atoms with Gasteiger partial charge in [0.15, 0.2) is 5.71 Å². The van der Waals surface area contributed by atoms with Gasteiger partial charge in [-0.2, -0.15) is 0 Å². The van der Waals surface area contributed by atoms with Crippen LogP contribution >= 0.6 is 0 Å². The molecule has 2 aliphatic heterocycles. The molecule has 0 spiro atoms. The van der Waals surface area contributed by atoms with Crippen molar-refractivity contribution in [1.29, 1.82) is 0 Å². The number of amides is 1. The number of carboxylic acid groups (broad SMARTS) is 1. The predicted octanol–water partition coefficient (Wildman–Crippen LogP) is 0.863. The third-order valence-corrected chi connectivity index (χ3v) is 3.85. The van der Waals surface area contributed by atoms with Gasteiger partial charge in [-0.15, -0.1) is 0 Å². The summed E-state index contributed by atoms with van der Waals surface area (Å²) in [6.07, 6.45) is 1.40. The van der Waals surface area contributed by atoms with Gasteiger partial charge in [0.05, 0.1) is 0 Å². The lowest BCUT2D eigenvalue weighted by atomic mass is 9.91. The van der Waals surface area contributed by atoms with E-state index >= 15 is 0 Å². The van der Waals surface area contributed by atoms with Crippen molar-refractivity contribution in [3.63, 3.8) is 0 Å². The molecule has 0 saturated carbocycles. The summed E-state index contributed by atoms with van der Waals surface area (Å²) in [4.78, 5) is 29.7. The zero-order chi connectivity index (χ0) is 13.3. The molecule has 3 unspecified atom stereocenters. The average Bonchev–Trinajstić information content (AvgIpc) is 2.81. The Morgan fingerprint density at radius 1 is 1.44 bits per heavy atom. The summed E-state index contributed by atoms with van der Waals surface area (Å²) in [6, 6.07) is 0.170. The zero-order valence-electron chi connectivity index (χ0n) is 10.6. The third kappa shape index (κ3) is 2.32. The molecular formula is C12H18N2O4. The predicted molar refractivity (Wildman–Crippen MR) is 64.1 cm³/mol. The maximum absolute atomic E-state index is 12.3. The van der Waals surface area contributed by atoms with Crippen LogP contribution in [0.3, 0.4) is 0 Å². The standard InChI is InChI=1S/C12H18N2O4/c1-7-4-3-5-14(8(7)2)11(15)10-6-9(12(16)17)13-18-10/h7-8,10H,3-6H2,1-2H3,(H,16,17). The number of hydrogen-bond acceptors (Lipinski definition) is 4. The van der Waals surface area contributed by atoms with Crippen molar-refractivity contribution in [3.05, 3.63) is 0 Å². The van der Waals surface area contributed by atoms with Gasteiger partial charge in [0.2, 0.25) is 6.10 Å². The highest BCUT2D eigenvalue weighted by Crippen LogP contribution is 2.25. The molecule has 0 bridgehead atoms.